The van der Waals surface area contributed by atoms with Crippen molar-refractivity contribution < 1.29 is 4.74 Å². The summed E-state index contributed by atoms with van der Waals surface area (Å²) in [6, 6.07) is 0.149. The minimum Gasteiger partial charge on any atom is -0.378 e. The highest BCUT2D eigenvalue weighted by Crippen LogP contribution is 2.41. The van der Waals surface area contributed by atoms with Crippen LogP contribution in [-0.2, 0) is 11.2 Å². The fourth-order valence-electron chi connectivity index (χ4n) is 3.93. The minimum absolute atomic E-state index is 0.149. The Balaban J connectivity index is 1.65. The van der Waals surface area contributed by atoms with Crippen LogP contribution >= 0.6 is 0 Å². The van der Waals surface area contributed by atoms with Gasteiger partial charge >= 0.3 is 0 Å². The van der Waals surface area contributed by atoms with Crippen molar-refractivity contribution >= 4 is 11.8 Å². The number of anilines is 2. The van der Waals surface area contributed by atoms with Gasteiger partial charge in [-0.2, -0.15) is 0 Å². The van der Waals surface area contributed by atoms with Gasteiger partial charge in [0.1, 0.15) is 12.1 Å². The zero-order valence-corrected chi connectivity index (χ0v) is 16.6. The van der Waals surface area contributed by atoms with Gasteiger partial charge in [0.2, 0.25) is 5.95 Å². The number of rotatable bonds is 3. The summed E-state index contributed by atoms with van der Waals surface area (Å²) in [5.41, 5.74) is 4.58. The topological polar surface area (TPSA) is 76.1 Å². The Morgan fingerprint density at radius 2 is 1.93 bits per heavy atom. The number of aryl methyl sites for hydroxylation is 1. The molecule has 7 heteroatoms. The van der Waals surface area contributed by atoms with Crippen molar-refractivity contribution in [2.45, 2.75) is 46.6 Å². The maximum Gasteiger partial charge on any atom is 0.225 e. The molecule has 1 saturated heterocycles. The lowest BCUT2D eigenvalue weighted by Crippen LogP contribution is -2.38. The van der Waals surface area contributed by atoms with Crippen molar-refractivity contribution in [2.24, 2.45) is 5.41 Å². The molecule has 0 aromatic carbocycles. The lowest BCUT2D eigenvalue weighted by atomic mass is 9.74. The largest absolute Gasteiger partial charge is 0.378 e. The van der Waals surface area contributed by atoms with Gasteiger partial charge in [-0.1, -0.05) is 13.8 Å². The predicted molar refractivity (Wildman–Crippen MR) is 105 cm³/mol. The number of hydrogen-bond acceptors (Lipinski definition) is 7. The van der Waals surface area contributed by atoms with E-state index in [1.807, 2.05) is 13.1 Å². The monoisotopic (exact) mass is 368 g/mol. The molecule has 0 spiro atoms. The van der Waals surface area contributed by atoms with Gasteiger partial charge in [0.25, 0.3) is 0 Å². The van der Waals surface area contributed by atoms with E-state index in [9.17, 15) is 0 Å². The van der Waals surface area contributed by atoms with E-state index in [2.05, 4.69) is 45.9 Å². The third kappa shape index (κ3) is 3.74. The second-order valence-electron chi connectivity index (χ2n) is 8.35. The fraction of sp³-hybridized carbons (Fsp3) is 0.600. The minimum atomic E-state index is 0.149. The van der Waals surface area contributed by atoms with Gasteiger partial charge in [0, 0.05) is 36.1 Å². The van der Waals surface area contributed by atoms with E-state index in [1.165, 1.54) is 5.56 Å². The highest BCUT2D eigenvalue weighted by Gasteiger charge is 2.34. The number of aromatic nitrogens is 4. The lowest BCUT2D eigenvalue weighted by Gasteiger charge is -2.37. The number of nitrogens with one attached hydrogen (secondary N) is 1. The summed E-state index contributed by atoms with van der Waals surface area (Å²) in [6.45, 7) is 11.9. The average molecular weight is 368 g/mol. The lowest BCUT2D eigenvalue weighted by molar-refractivity contribution is 0.122. The molecule has 0 amide bonds. The van der Waals surface area contributed by atoms with Crippen LogP contribution in [0, 0.1) is 19.3 Å². The molecule has 1 fully saturated rings. The zero-order chi connectivity index (χ0) is 19.0. The van der Waals surface area contributed by atoms with Crippen molar-refractivity contribution in [1.82, 2.24) is 19.9 Å². The first-order chi connectivity index (χ1) is 12.9. The van der Waals surface area contributed by atoms with E-state index in [4.69, 9.17) is 9.72 Å². The second-order valence-corrected chi connectivity index (χ2v) is 8.35. The SMILES string of the molecule is Cc1ncnc(N[C@H]2CC(C)(C)Cc3nc(N4CCOCC4)ncc32)c1C. The van der Waals surface area contributed by atoms with Crippen LogP contribution in [0.4, 0.5) is 11.8 Å². The third-order valence-corrected chi connectivity index (χ3v) is 5.61. The Morgan fingerprint density at radius 3 is 2.70 bits per heavy atom. The summed E-state index contributed by atoms with van der Waals surface area (Å²) in [6.07, 6.45) is 5.60. The van der Waals surface area contributed by atoms with E-state index in [0.717, 1.165) is 67.9 Å². The average Bonchev–Trinajstić information content (AvgIpc) is 2.65. The van der Waals surface area contributed by atoms with E-state index in [-0.39, 0.29) is 11.5 Å². The first kappa shape index (κ1) is 18.1. The van der Waals surface area contributed by atoms with Crippen molar-refractivity contribution in [1.29, 1.82) is 0 Å². The molecule has 0 unspecified atom stereocenters. The molecular formula is C20H28N6O. The van der Waals surface area contributed by atoms with Crippen molar-refractivity contribution in [3.8, 4) is 0 Å². The quantitative estimate of drug-likeness (QED) is 0.893. The first-order valence-electron chi connectivity index (χ1n) is 9.66. The zero-order valence-electron chi connectivity index (χ0n) is 16.6. The first-order valence-corrected chi connectivity index (χ1v) is 9.66. The van der Waals surface area contributed by atoms with E-state index in [0.29, 0.717) is 0 Å². The molecule has 27 heavy (non-hydrogen) atoms. The predicted octanol–water partition coefficient (Wildman–Crippen LogP) is 2.85. The molecule has 2 aliphatic rings. The van der Waals surface area contributed by atoms with Crippen molar-refractivity contribution in [3.05, 3.63) is 35.0 Å². The smallest absolute Gasteiger partial charge is 0.225 e. The van der Waals surface area contributed by atoms with Gasteiger partial charge in [-0.15, -0.1) is 0 Å². The normalized spacial score (nSPS) is 21.6. The molecule has 0 radical (unpaired) electrons. The van der Waals surface area contributed by atoms with E-state index in [1.54, 1.807) is 6.33 Å². The van der Waals surface area contributed by atoms with E-state index < -0.39 is 0 Å². The van der Waals surface area contributed by atoms with Gasteiger partial charge in [-0.05, 0) is 32.1 Å². The van der Waals surface area contributed by atoms with E-state index >= 15 is 0 Å². The molecule has 2 aromatic rings. The van der Waals surface area contributed by atoms with Crippen LogP contribution in [0.1, 0.15) is 48.8 Å². The molecule has 144 valence electrons. The fourth-order valence-corrected chi connectivity index (χ4v) is 3.93. The number of morpholine rings is 1. The van der Waals surface area contributed by atoms with Crippen LogP contribution in [0.3, 0.4) is 0 Å². The number of nitrogens with zero attached hydrogens (tertiary/aromatic N) is 5. The highest BCUT2D eigenvalue weighted by molar-refractivity contribution is 5.48. The molecule has 1 N–H and O–H groups in total. The Bertz CT molecular complexity index is 831. The van der Waals surface area contributed by atoms with Crippen molar-refractivity contribution in [3.63, 3.8) is 0 Å². The molecule has 2 aromatic heterocycles. The molecule has 0 saturated carbocycles. The summed E-state index contributed by atoms with van der Waals surface area (Å²) in [4.78, 5) is 20.6. The molecule has 1 atom stereocenters. The molecule has 3 heterocycles. The molecule has 7 nitrogen and oxygen atoms in total. The maximum atomic E-state index is 5.45. The second kappa shape index (κ2) is 7.03. The highest BCUT2D eigenvalue weighted by atomic mass is 16.5. The summed E-state index contributed by atoms with van der Waals surface area (Å²) in [7, 11) is 0. The van der Waals surface area contributed by atoms with Gasteiger partial charge in [0.05, 0.1) is 24.9 Å². The van der Waals surface area contributed by atoms with Crippen LogP contribution in [0.2, 0.25) is 0 Å². The number of fused-ring (bicyclic) bond motifs is 1. The third-order valence-electron chi connectivity index (χ3n) is 5.61. The number of hydrogen-bond donors (Lipinski definition) is 1. The maximum absolute atomic E-state index is 5.45. The van der Waals surface area contributed by atoms with Crippen molar-refractivity contribution in [2.75, 3.05) is 36.5 Å². The molecule has 4 rings (SSSR count). The van der Waals surface area contributed by atoms with Crippen LogP contribution < -0.4 is 10.2 Å². The standard InChI is InChI=1S/C20H28N6O/c1-13-14(2)22-12-23-18(13)24-16-9-20(3,4)10-17-15(16)11-21-19(25-17)26-5-7-27-8-6-26/h11-12,16H,5-10H2,1-4H3,(H,22,23,24)/t16-/m0/s1. The van der Waals surface area contributed by atoms with Crippen LogP contribution in [0.15, 0.2) is 12.5 Å². The molecular weight excluding hydrogens is 340 g/mol. The summed E-state index contributed by atoms with van der Waals surface area (Å²) in [5.74, 6) is 1.72. The summed E-state index contributed by atoms with van der Waals surface area (Å²) in [5, 5.41) is 3.64. The molecule has 1 aliphatic heterocycles. The van der Waals surface area contributed by atoms with Gasteiger partial charge in [-0.25, -0.2) is 19.9 Å². The van der Waals surface area contributed by atoms with Gasteiger partial charge < -0.3 is 15.0 Å². The van der Waals surface area contributed by atoms with Gasteiger partial charge in [-0.3, -0.25) is 0 Å². The Kier molecular flexibility index (Phi) is 4.72. The Morgan fingerprint density at radius 1 is 1.15 bits per heavy atom. The Labute approximate surface area is 160 Å². The summed E-state index contributed by atoms with van der Waals surface area (Å²) < 4.78 is 5.45. The van der Waals surface area contributed by atoms with Crippen LogP contribution in [0.5, 0.6) is 0 Å². The van der Waals surface area contributed by atoms with Crippen LogP contribution in [0.25, 0.3) is 0 Å². The Hall–Kier alpha value is -2.28. The summed E-state index contributed by atoms with van der Waals surface area (Å²) >= 11 is 0. The van der Waals surface area contributed by atoms with Gasteiger partial charge in [0.15, 0.2) is 0 Å². The molecule has 0 bridgehead atoms. The molecule has 1 aliphatic carbocycles. The van der Waals surface area contributed by atoms with Crippen LogP contribution in [-0.4, -0.2) is 46.2 Å². The number of ether oxygens (including phenoxy) is 1.